The third-order valence-corrected chi connectivity index (χ3v) is 8.66. The number of benzene rings is 1. The summed E-state index contributed by atoms with van der Waals surface area (Å²) in [6, 6.07) is 7.91. The Morgan fingerprint density at radius 1 is 0.956 bits per heavy atom. The Balaban J connectivity index is 1.29. The zero-order valence-corrected chi connectivity index (χ0v) is 26.5. The van der Waals surface area contributed by atoms with E-state index in [1.165, 1.54) is 0 Å². The Morgan fingerprint density at radius 3 is 2.40 bits per heavy atom. The molecule has 0 bridgehead atoms. The van der Waals surface area contributed by atoms with Gasteiger partial charge in [0.05, 0.1) is 58.2 Å². The van der Waals surface area contributed by atoms with Crippen molar-refractivity contribution in [3.63, 3.8) is 0 Å². The van der Waals surface area contributed by atoms with E-state index >= 15 is 0 Å². The van der Waals surface area contributed by atoms with E-state index in [-0.39, 0.29) is 12.6 Å². The molecule has 0 amide bonds. The Kier molecular flexibility index (Phi) is 9.54. The minimum Gasteiger partial charge on any atom is -0.493 e. The summed E-state index contributed by atoms with van der Waals surface area (Å²) in [5.74, 6) is 3.49. The second-order valence-electron chi connectivity index (χ2n) is 11.3. The highest BCUT2D eigenvalue weighted by Crippen LogP contribution is 2.39. The van der Waals surface area contributed by atoms with Crippen molar-refractivity contribution >= 4 is 23.1 Å². The summed E-state index contributed by atoms with van der Waals surface area (Å²) in [5, 5.41) is 18.5. The van der Waals surface area contributed by atoms with Crippen molar-refractivity contribution in [3.05, 3.63) is 42.5 Å². The van der Waals surface area contributed by atoms with E-state index in [2.05, 4.69) is 37.1 Å². The second-order valence-corrected chi connectivity index (χ2v) is 11.3. The molecule has 14 heteroatoms. The number of methoxy groups -OCH3 is 4. The van der Waals surface area contributed by atoms with Crippen LogP contribution >= 0.6 is 0 Å². The van der Waals surface area contributed by atoms with Gasteiger partial charge < -0.3 is 38.8 Å². The van der Waals surface area contributed by atoms with Crippen LogP contribution in [0.15, 0.2) is 36.8 Å². The van der Waals surface area contributed by atoms with Gasteiger partial charge in [0.25, 0.3) is 0 Å². The molecule has 45 heavy (non-hydrogen) atoms. The average Bonchev–Trinajstić information content (AvgIpc) is 3.84. The summed E-state index contributed by atoms with van der Waals surface area (Å²) in [6.07, 6.45) is 5.50. The molecule has 14 nitrogen and oxygen atoms in total. The SMILES string of the molecule is COCCN1CCN(Cc2ccc3c(Nc4cn(-c5cc(OC)c(OC)c(OC)c5)cn4)nc(N4CCCC4CO)nn23)CC1. The lowest BCUT2D eigenvalue weighted by Gasteiger charge is -2.34. The number of aromatic nitrogens is 5. The number of ether oxygens (including phenoxy) is 4. The minimum atomic E-state index is -0.00580. The molecule has 1 atom stereocenters. The summed E-state index contributed by atoms with van der Waals surface area (Å²) in [5.41, 5.74) is 2.74. The predicted octanol–water partition coefficient (Wildman–Crippen LogP) is 2.41. The topological polar surface area (TPSA) is 127 Å². The van der Waals surface area contributed by atoms with Crippen LogP contribution in [-0.2, 0) is 11.3 Å². The highest BCUT2D eigenvalue weighted by Gasteiger charge is 2.28. The molecule has 1 aromatic carbocycles. The van der Waals surface area contributed by atoms with Crippen LogP contribution in [0.25, 0.3) is 11.2 Å². The smallest absolute Gasteiger partial charge is 0.245 e. The molecule has 2 saturated heterocycles. The van der Waals surface area contributed by atoms with E-state index in [1.807, 2.05) is 27.4 Å². The molecule has 242 valence electrons. The largest absolute Gasteiger partial charge is 0.493 e. The number of rotatable bonds is 13. The third-order valence-electron chi connectivity index (χ3n) is 8.66. The molecule has 0 spiro atoms. The first-order valence-corrected chi connectivity index (χ1v) is 15.4. The predicted molar refractivity (Wildman–Crippen MR) is 171 cm³/mol. The molecule has 6 rings (SSSR count). The molecule has 5 heterocycles. The fraction of sp³-hybridized carbons (Fsp3) is 0.516. The quantitative estimate of drug-likeness (QED) is 0.228. The van der Waals surface area contributed by atoms with E-state index in [1.54, 1.807) is 34.8 Å². The van der Waals surface area contributed by atoms with Gasteiger partial charge in [0.1, 0.15) is 17.7 Å². The van der Waals surface area contributed by atoms with Crippen molar-refractivity contribution in [2.24, 2.45) is 0 Å². The van der Waals surface area contributed by atoms with Gasteiger partial charge in [-0.15, -0.1) is 5.10 Å². The van der Waals surface area contributed by atoms with Crippen LogP contribution in [0, 0.1) is 0 Å². The fourth-order valence-electron chi connectivity index (χ4n) is 6.15. The Bertz CT molecular complexity index is 1560. The lowest BCUT2D eigenvalue weighted by molar-refractivity contribution is 0.0930. The van der Waals surface area contributed by atoms with Crippen LogP contribution in [0.1, 0.15) is 18.5 Å². The van der Waals surface area contributed by atoms with Crippen LogP contribution in [0.5, 0.6) is 17.2 Å². The van der Waals surface area contributed by atoms with Gasteiger partial charge in [0, 0.05) is 65.1 Å². The number of aliphatic hydroxyl groups is 1. The van der Waals surface area contributed by atoms with E-state index in [9.17, 15) is 5.11 Å². The summed E-state index contributed by atoms with van der Waals surface area (Å²) in [7, 11) is 6.52. The molecule has 2 fully saturated rings. The van der Waals surface area contributed by atoms with Crippen LogP contribution in [0.2, 0.25) is 0 Å². The summed E-state index contributed by atoms with van der Waals surface area (Å²) < 4.78 is 25.7. The van der Waals surface area contributed by atoms with Gasteiger partial charge >= 0.3 is 0 Å². The average molecular weight is 622 g/mol. The first-order valence-electron chi connectivity index (χ1n) is 15.4. The summed E-state index contributed by atoms with van der Waals surface area (Å²) >= 11 is 0. The zero-order chi connectivity index (χ0) is 31.3. The number of fused-ring (bicyclic) bond motifs is 1. The van der Waals surface area contributed by atoms with Crippen molar-refractivity contribution in [1.82, 2.24) is 33.9 Å². The molecule has 2 aliphatic heterocycles. The second kappa shape index (κ2) is 13.9. The van der Waals surface area contributed by atoms with Crippen LogP contribution < -0.4 is 24.4 Å². The fourth-order valence-corrected chi connectivity index (χ4v) is 6.15. The lowest BCUT2D eigenvalue weighted by Crippen LogP contribution is -2.46. The van der Waals surface area contributed by atoms with E-state index in [0.717, 1.165) is 82.2 Å². The Labute approximate surface area is 263 Å². The van der Waals surface area contributed by atoms with Gasteiger partial charge in [-0.05, 0) is 25.0 Å². The van der Waals surface area contributed by atoms with Crippen molar-refractivity contribution in [3.8, 4) is 22.9 Å². The van der Waals surface area contributed by atoms with Gasteiger partial charge in [-0.3, -0.25) is 9.80 Å². The van der Waals surface area contributed by atoms with Crippen molar-refractivity contribution < 1.29 is 24.1 Å². The number of hydrogen-bond acceptors (Lipinski definition) is 12. The van der Waals surface area contributed by atoms with Crippen molar-refractivity contribution in [2.45, 2.75) is 25.4 Å². The lowest BCUT2D eigenvalue weighted by atomic mass is 10.2. The van der Waals surface area contributed by atoms with Crippen LogP contribution in [0.3, 0.4) is 0 Å². The van der Waals surface area contributed by atoms with E-state index in [0.29, 0.717) is 34.8 Å². The number of imidazole rings is 1. The van der Waals surface area contributed by atoms with Crippen molar-refractivity contribution in [1.29, 1.82) is 0 Å². The molecule has 0 radical (unpaired) electrons. The third kappa shape index (κ3) is 6.50. The Hall–Kier alpha value is -4.11. The maximum Gasteiger partial charge on any atom is 0.245 e. The zero-order valence-electron chi connectivity index (χ0n) is 26.5. The molecule has 0 saturated carbocycles. The first-order chi connectivity index (χ1) is 22.0. The van der Waals surface area contributed by atoms with Gasteiger partial charge in [-0.25, -0.2) is 9.50 Å². The summed E-state index contributed by atoms with van der Waals surface area (Å²) in [4.78, 5) is 16.6. The van der Waals surface area contributed by atoms with Crippen LogP contribution in [0.4, 0.5) is 17.6 Å². The molecule has 4 aromatic rings. The monoisotopic (exact) mass is 621 g/mol. The number of nitrogens with one attached hydrogen (secondary N) is 1. The number of piperazine rings is 1. The standard InChI is InChI=1S/C31H43N9O5/c1-42-15-14-36-10-12-37(13-11-36)18-22-7-8-25-30(34-31(35-40(22)25)39-9-5-6-23(39)20-41)33-28-19-38(21-32-28)24-16-26(43-2)29(45-4)27(17-24)44-3/h7-8,16-17,19,21,23,41H,5-6,9-15,18,20H2,1-4H3,(H,33,34,35). The number of aliphatic hydroxyl groups excluding tert-OH is 1. The first kappa shape index (κ1) is 30.9. The Morgan fingerprint density at radius 2 is 1.71 bits per heavy atom. The summed E-state index contributed by atoms with van der Waals surface area (Å²) in [6.45, 7) is 7.35. The molecule has 3 aromatic heterocycles. The number of hydrogen-bond donors (Lipinski definition) is 2. The minimum absolute atomic E-state index is 0.00580. The maximum atomic E-state index is 10.1. The normalized spacial score (nSPS) is 17.7. The molecular weight excluding hydrogens is 578 g/mol. The van der Waals surface area contributed by atoms with E-state index < -0.39 is 0 Å². The van der Waals surface area contributed by atoms with Crippen LogP contribution in [-0.4, -0.2) is 126 Å². The molecule has 2 N–H and O–H groups in total. The van der Waals surface area contributed by atoms with Gasteiger partial charge in [-0.2, -0.15) is 4.98 Å². The molecule has 2 aliphatic rings. The maximum absolute atomic E-state index is 10.1. The van der Waals surface area contributed by atoms with E-state index in [4.69, 9.17) is 29.0 Å². The molecule has 0 aliphatic carbocycles. The molecular formula is C31H43N9O5. The van der Waals surface area contributed by atoms with Gasteiger partial charge in [-0.1, -0.05) is 0 Å². The van der Waals surface area contributed by atoms with Gasteiger partial charge in [0.2, 0.25) is 11.7 Å². The number of anilines is 3. The van der Waals surface area contributed by atoms with Gasteiger partial charge in [0.15, 0.2) is 17.3 Å². The number of nitrogens with zero attached hydrogens (tertiary/aromatic N) is 8. The molecule has 1 unspecified atom stereocenters. The highest BCUT2D eigenvalue weighted by atomic mass is 16.5. The highest BCUT2D eigenvalue weighted by molar-refractivity contribution is 5.74. The van der Waals surface area contributed by atoms with Crippen molar-refractivity contribution in [2.75, 3.05) is 91.1 Å².